The van der Waals surface area contributed by atoms with Gasteiger partial charge in [-0.1, -0.05) is 29.8 Å². The molecule has 0 fully saturated rings. The predicted molar refractivity (Wildman–Crippen MR) is 98.0 cm³/mol. The first-order valence-electron chi connectivity index (χ1n) is 7.98. The number of hydrogen-bond acceptors (Lipinski definition) is 6. The fraction of sp³-hybridized carbons (Fsp3) is 0.235. The Morgan fingerprint density at radius 2 is 2.12 bits per heavy atom. The van der Waals surface area contributed by atoms with Gasteiger partial charge in [-0.15, -0.1) is 0 Å². The van der Waals surface area contributed by atoms with Gasteiger partial charge in [0.15, 0.2) is 5.82 Å². The standard InChI is InChI=1S/C17H18ClFN6O/c1-11(26)9-25-10-13(7-22-25)23-17-21-8-14(18)16(24-17)20-6-12-4-2-3-5-15(12)19/h2-5,7-8,10-11,26H,6,9H2,1H3,(H2,20,21,23,24)/t11-/m0/s1. The van der Waals surface area contributed by atoms with Crippen LogP contribution in [0.4, 0.5) is 21.8 Å². The summed E-state index contributed by atoms with van der Waals surface area (Å²) in [7, 11) is 0. The largest absolute Gasteiger partial charge is 0.391 e. The van der Waals surface area contributed by atoms with E-state index in [0.717, 1.165) is 0 Å². The molecule has 0 amide bonds. The summed E-state index contributed by atoms with van der Waals surface area (Å²) >= 11 is 6.11. The van der Waals surface area contributed by atoms with Gasteiger partial charge in [-0.05, 0) is 13.0 Å². The lowest BCUT2D eigenvalue weighted by Gasteiger charge is -2.10. The molecule has 0 saturated carbocycles. The van der Waals surface area contributed by atoms with E-state index < -0.39 is 6.10 Å². The van der Waals surface area contributed by atoms with Crippen LogP contribution in [0, 0.1) is 5.82 Å². The first-order chi connectivity index (χ1) is 12.5. The molecule has 1 atom stereocenters. The smallest absolute Gasteiger partial charge is 0.229 e. The average Bonchev–Trinajstić information content (AvgIpc) is 3.02. The molecule has 1 aromatic carbocycles. The molecule has 9 heteroatoms. The Bertz CT molecular complexity index is 885. The molecule has 136 valence electrons. The number of nitrogens with one attached hydrogen (secondary N) is 2. The van der Waals surface area contributed by atoms with Crippen molar-refractivity contribution in [1.29, 1.82) is 0 Å². The van der Waals surface area contributed by atoms with Gasteiger partial charge in [0, 0.05) is 18.3 Å². The van der Waals surface area contributed by atoms with Crippen molar-refractivity contribution in [3.63, 3.8) is 0 Å². The summed E-state index contributed by atoms with van der Waals surface area (Å²) in [6.45, 7) is 2.32. The zero-order valence-electron chi connectivity index (χ0n) is 14.0. The minimum absolute atomic E-state index is 0.245. The second-order valence-corrected chi connectivity index (χ2v) is 6.17. The Labute approximate surface area is 154 Å². The lowest BCUT2D eigenvalue weighted by molar-refractivity contribution is 0.168. The fourth-order valence-electron chi connectivity index (χ4n) is 2.30. The number of halogens is 2. The van der Waals surface area contributed by atoms with Crippen LogP contribution < -0.4 is 10.6 Å². The zero-order valence-corrected chi connectivity index (χ0v) is 14.8. The van der Waals surface area contributed by atoms with E-state index in [2.05, 4.69) is 25.7 Å². The second kappa shape index (κ2) is 8.11. The molecule has 0 saturated heterocycles. The van der Waals surface area contributed by atoms with Gasteiger partial charge in [-0.25, -0.2) is 9.37 Å². The summed E-state index contributed by atoms with van der Waals surface area (Å²) in [5, 5.41) is 19.9. The third-order valence-electron chi connectivity index (χ3n) is 3.49. The quantitative estimate of drug-likeness (QED) is 0.587. The molecule has 3 N–H and O–H groups in total. The first kappa shape index (κ1) is 18.1. The fourth-order valence-corrected chi connectivity index (χ4v) is 2.46. The third kappa shape index (κ3) is 4.68. The maximum atomic E-state index is 13.7. The van der Waals surface area contributed by atoms with E-state index in [9.17, 15) is 9.50 Å². The van der Waals surface area contributed by atoms with Crippen LogP contribution in [0.2, 0.25) is 5.02 Å². The highest BCUT2D eigenvalue weighted by atomic mass is 35.5. The molecular formula is C17H18ClFN6O. The van der Waals surface area contributed by atoms with E-state index in [4.69, 9.17) is 11.6 Å². The third-order valence-corrected chi connectivity index (χ3v) is 3.77. The van der Waals surface area contributed by atoms with Gasteiger partial charge in [0.1, 0.15) is 10.8 Å². The van der Waals surface area contributed by atoms with Crippen LogP contribution in [0.3, 0.4) is 0 Å². The minimum atomic E-state index is -0.497. The molecule has 3 aromatic rings. The molecule has 0 unspecified atom stereocenters. The molecule has 0 radical (unpaired) electrons. The van der Waals surface area contributed by atoms with Crippen LogP contribution in [0.25, 0.3) is 0 Å². The van der Waals surface area contributed by atoms with Crippen LogP contribution in [0.15, 0.2) is 42.9 Å². The van der Waals surface area contributed by atoms with Crippen molar-refractivity contribution in [1.82, 2.24) is 19.7 Å². The van der Waals surface area contributed by atoms with Crippen LogP contribution in [-0.4, -0.2) is 31.0 Å². The highest BCUT2D eigenvalue weighted by Gasteiger charge is 2.09. The number of nitrogens with zero attached hydrogens (tertiary/aromatic N) is 4. The van der Waals surface area contributed by atoms with Crippen LogP contribution >= 0.6 is 11.6 Å². The summed E-state index contributed by atoms with van der Waals surface area (Å²) in [5.41, 5.74) is 1.18. The topological polar surface area (TPSA) is 87.9 Å². The Kier molecular flexibility index (Phi) is 5.65. The Balaban J connectivity index is 1.69. The van der Waals surface area contributed by atoms with Gasteiger partial charge < -0.3 is 15.7 Å². The molecule has 0 aliphatic rings. The normalized spacial score (nSPS) is 12.0. The van der Waals surface area contributed by atoms with E-state index in [1.807, 2.05) is 0 Å². The van der Waals surface area contributed by atoms with Crippen molar-refractivity contribution in [2.45, 2.75) is 26.1 Å². The molecule has 0 bridgehead atoms. The van der Waals surface area contributed by atoms with E-state index in [1.54, 1.807) is 42.2 Å². The average molecular weight is 377 g/mol. The SMILES string of the molecule is C[C@H](O)Cn1cc(Nc2ncc(Cl)c(NCc3ccccc3F)n2)cn1. The number of aromatic nitrogens is 4. The van der Waals surface area contributed by atoms with E-state index in [1.165, 1.54) is 12.3 Å². The maximum Gasteiger partial charge on any atom is 0.229 e. The Morgan fingerprint density at radius 1 is 1.31 bits per heavy atom. The summed E-state index contributed by atoms with van der Waals surface area (Å²) < 4.78 is 15.3. The van der Waals surface area contributed by atoms with Gasteiger partial charge >= 0.3 is 0 Å². The van der Waals surface area contributed by atoms with E-state index in [-0.39, 0.29) is 12.4 Å². The monoisotopic (exact) mass is 376 g/mol. The van der Waals surface area contributed by atoms with Crippen molar-refractivity contribution in [3.8, 4) is 0 Å². The molecule has 0 aliphatic heterocycles. The van der Waals surface area contributed by atoms with Crippen molar-refractivity contribution < 1.29 is 9.50 Å². The van der Waals surface area contributed by atoms with Gasteiger partial charge in [0.05, 0.1) is 30.7 Å². The number of aliphatic hydroxyl groups excluding tert-OH is 1. The molecule has 7 nitrogen and oxygen atoms in total. The summed E-state index contributed by atoms with van der Waals surface area (Å²) in [6, 6.07) is 6.49. The Hall–Kier alpha value is -2.71. The maximum absolute atomic E-state index is 13.7. The summed E-state index contributed by atoms with van der Waals surface area (Å²) in [6.07, 6.45) is 4.30. The van der Waals surface area contributed by atoms with E-state index in [0.29, 0.717) is 34.6 Å². The lowest BCUT2D eigenvalue weighted by atomic mass is 10.2. The van der Waals surface area contributed by atoms with Gasteiger partial charge in [-0.3, -0.25) is 4.68 Å². The molecule has 0 aliphatic carbocycles. The van der Waals surface area contributed by atoms with Gasteiger partial charge in [0.2, 0.25) is 5.95 Å². The van der Waals surface area contributed by atoms with Crippen LogP contribution in [0.5, 0.6) is 0 Å². The molecular weight excluding hydrogens is 359 g/mol. The van der Waals surface area contributed by atoms with Gasteiger partial charge in [-0.2, -0.15) is 10.1 Å². The van der Waals surface area contributed by atoms with Crippen molar-refractivity contribution >= 4 is 29.1 Å². The van der Waals surface area contributed by atoms with Crippen molar-refractivity contribution in [2.75, 3.05) is 10.6 Å². The van der Waals surface area contributed by atoms with Gasteiger partial charge in [0.25, 0.3) is 0 Å². The van der Waals surface area contributed by atoms with Crippen LogP contribution in [-0.2, 0) is 13.1 Å². The molecule has 2 aromatic heterocycles. The minimum Gasteiger partial charge on any atom is -0.391 e. The van der Waals surface area contributed by atoms with Crippen molar-refractivity contribution in [2.24, 2.45) is 0 Å². The van der Waals surface area contributed by atoms with Crippen molar-refractivity contribution in [3.05, 3.63) is 59.3 Å². The summed E-state index contributed by atoms with van der Waals surface area (Å²) in [5.74, 6) is 0.417. The molecule has 2 heterocycles. The number of anilines is 3. The molecule has 3 rings (SSSR count). The van der Waals surface area contributed by atoms with Crippen LogP contribution in [0.1, 0.15) is 12.5 Å². The highest BCUT2D eigenvalue weighted by molar-refractivity contribution is 6.32. The number of aliphatic hydroxyl groups is 1. The first-order valence-corrected chi connectivity index (χ1v) is 8.36. The highest BCUT2D eigenvalue weighted by Crippen LogP contribution is 2.22. The summed E-state index contributed by atoms with van der Waals surface area (Å²) in [4.78, 5) is 8.43. The Morgan fingerprint density at radius 3 is 2.88 bits per heavy atom. The van der Waals surface area contributed by atoms with E-state index >= 15 is 0 Å². The second-order valence-electron chi connectivity index (χ2n) is 5.76. The zero-order chi connectivity index (χ0) is 18.5. The molecule has 26 heavy (non-hydrogen) atoms. The predicted octanol–water partition coefficient (Wildman–Crippen LogP) is 3.20. The lowest BCUT2D eigenvalue weighted by Crippen LogP contribution is -2.11. The number of hydrogen-bond donors (Lipinski definition) is 3. The number of benzene rings is 1. The molecule has 0 spiro atoms. The number of rotatable bonds is 7.